The standard InChI is InChI=1S/C19H17BrClNO3/c1-11-19(25-12(2)23)15-8-18(24-3)16(21)9-17(15)22(11)10-13-4-6-14(20)7-5-13/h4-9H,10H2,1-3H3. The van der Waals surface area contributed by atoms with Crippen molar-refractivity contribution in [2.45, 2.75) is 20.4 Å². The van der Waals surface area contributed by atoms with Gasteiger partial charge >= 0.3 is 5.97 Å². The molecule has 0 unspecified atom stereocenters. The second-order valence-corrected chi connectivity index (χ2v) is 7.05. The second-order valence-electron chi connectivity index (χ2n) is 5.72. The quantitative estimate of drug-likeness (QED) is 0.532. The Hall–Kier alpha value is -1.98. The highest BCUT2D eigenvalue weighted by molar-refractivity contribution is 9.10. The fourth-order valence-electron chi connectivity index (χ4n) is 2.85. The van der Waals surface area contributed by atoms with Crippen LogP contribution in [-0.4, -0.2) is 17.6 Å². The van der Waals surface area contributed by atoms with Crippen LogP contribution < -0.4 is 9.47 Å². The van der Waals surface area contributed by atoms with Gasteiger partial charge in [0.25, 0.3) is 0 Å². The number of benzene rings is 2. The summed E-state index contributed by atoms with van der Waals surface area (Å²) in [5, 5.41) is 1.31. The summed E-state index contributed by atoms with van der Waals surface area (Å²) in [6.07, 6.45) is 0. The lowest BCUT2D eigenvalue weighted by Gasteiger charge is -2.10. The summed E-state index contributed by atoms with van der Waals surface area (Å²) in [4.78, 5) is 11.5. The van der Waals surface area contributed by atoms with Crippen LogP contribution in [0.2, 0.25) is 5.02 Å². The topological polar surface area (TPSA) is 40.5 Å². The number of halogens is 2. The van der Waals surface area contributed by atoms with Crippen molar-refractivity contribution in [3.8, 4) is 11.5 Å². The van der Waals surface area contributed by atoms with Gasteiger partial charge in [-0.05, 0) is 36.8 Å². The first-order valence-electron chi connectivity index (χ1n) is 7.70. The van der Waals surface area contributed by atoms with Gasteiger partial charge < -0.3 is 14.0 Å². The lowest BCUT2D eigenvalue weighted by atomic mass is 10.2. The number of hydrogen-bond acceptors (Lipinski definition) is 3. The molecule has 0 amide bonds. The first-order chi connectivity index (χ1) is 11.9. The van der Waals surface area contributed by atoms with Gasteiger partial charge in [-0.25, -0.2) is 0 Å². The van der Waals surface area contributed by atoms with Gasteiger partial charge in [-0.2, -0.15) is 0 Å². The summed E-state index contributed by atoms with van der Waals surface area (Å²) >= 11 is 9.76. The van der Waals surface area contributed by atoms with Crippen molar-refractivity contribution in [1.82, 2.24) is 4.57 Å². The van der Waals surface area contributed by atoms with E-state index in [2.05, 4.69) is 20.5 Å². The Balaban J connectivity index is 2.19. The first kappa shape index (κ1) is 17.8. The van der Waals surface area contributed by atoms with Crippen molar-refractivity contribution >= 4 is 44.4 Å². The molecule has 0 saturated heterocycles. The molecule has 0 bridgehead atoms. The van der Waals surface area contributed by atoms with Crippen LogP contribution in [0.15, 0.2) is 40.9 Å². The van der Waals surface area contributed by atoms with Gasteiger partial charge in [-0.3, -0.25) is 4.79 Å². The Morgan fingerprint density at radius 3 is 2.52 bits per heavy atom. The van der Waals surface area contributed by atoms with Gasteiger partial charge in [-0.1, -0.05) is 39.7 Å². The van der Waals surface area contributed by atoms with E-state index in [4.69, 9.17) is 21.1 Å². The lowest BCUT2D eigenvalue weighted by Crippen LogP contribution is -2.05. The maximum Gasteiger partial charge on any atom is 0.308 e. The third-order valence-electron chi connectivity index (χ3n) is 4.04. The van der Waals surface area contributed by atoms with Crippen LogP contribution in [0, 0.1) is 6.92 Å². The van der Waals surface area contributed by atoms with Crippen molar-refractivity contribution < 1.29 is 14.3 Å². The SMILES string of the molecule is COc1cc2c(OC(C)=O)c(C)n(Cc3ccc(Br)cc3)c2cc1Cl. The van der Waals surface area contributed by atoms with E-state index < -0.39 is 0 Å². The van der Waals surface area contributed by atoms with Crippen LogP contribution in [0.1, 0.15) is 18.2 Å². The molecule has 0 aliphatic heterocycles. The third-order valence-corrected chi connectivity index (χ3v) is 4.86. The minimum Gasteiger partial charge on any atom is -0.495 e. The van der Waals surface area contributed by atoms with Crippen LogP contribution in [0.4, 0.5) is 0 Å². The number of esters is 1. The molecule has 0 atom stereocenters. The minimum absolute atomic E-state index is 0.361. The largest absolute Gasteiger partial charge is 0.495 e. The number of hydrogen-bond donors (Lipinski definition) is 0. The minimum atomic E-state index is -0.361. The molecule has 3 aromatic rings. The van der Waals surface area contributed by atoms with Gasteiger partial charge in [0.2, 0.25) is 0 Å². The number of rotatable bonds is 4. The van der Waals surface area contributed by atoms with E-state index in [0.29, 0.717) is 23.1 Å². The highest BCUT2D eigenvalue weighted by Crippen LogP contribution is 2.39. The predicted molar refractivity (Wildman–Crippen MR) is 103 cm³/mol. The Kier molecular flexibility index (Phi) is 5.06. The molecule has 0 radical (unpaired) electrons. The van der Waals surface area contributed by atoms with Crippen molar-refractivity contribution in [2.75, 3.05) is 7.11 Å². The monoisotopic (exact) mass is 421 g/mol. The van der Waals surface area contributed by atoms with Gasteiger partial charge in [-0.15, -0.1) is 0 Å². The van der Waals surface area contributed by atoms with E-state index in [1.807, 2.05) is 37.3 Å². The zero-order valence-corrected chi connectivity index (χ0v) is 16.4. The second kappa shape index (κ2) is 7.10. The van der Waals surface area contributed by atoms with Gasteiger partial charge in [0, 0.05) is 23.3 Å². The smallest absolute Gasteiger partial charge is 0.308 e. The summed E-state index contributed by atoms with van der Waals surface area (Å²) < 4.78 is 13.9. The highest BCUT2D eigenvalue weighted by Gasteiger charge is 2.19. The Bertz CT molecular complexity index is 948. The molecule has 0 fully saturated rings. The third kappa shape index (κ3) is 3.53. The Morgan fingerprint density at radius 1 is 1.24 bits per heavy atom. The number of ether oxygens (including phenoxy) is 2. The molecule has 2 aromatic carbocycles. The molecule has 25 heavy (non-hydrogen) atoms. The number of methoxy groups -OCH3 is 1. The van der Waals surface area contributed by atoms with Gasteiger partial charge in [0.15, 0.2) is 5.75 Å². The van der Waals surface area contributed by atoms with Crippen molar-refractivity contribution in [3.05, 3.63) is 57.2 Å². The van der Waals surface area contributed by atoms with E-state index in [1.165, 1.54) is 6.92 Å². The Morgan fingerprint density at radius 2 is 1.92 bits per heavy atom. The number of fused-ring (bicyclic) bond motifs is 1. The summed E-state index contributed by atoms with van der Waals surface area (Å²) in [5.74, 6) is 0.720. The van der Waals surface area contributed by atoms with Crippen LogP contribution in [0.3, 0.4) is 0 Å². The summed E-state index contributed by atoms with van der Waals surface area (Å²) in [6.45, 7) is 3.96. The van der Waals surface area contributed by atoms with Gasteiger partial charge in [0.05, 0.1) is 23.3 Å². The fourth-order valence-corrected chi connectivity index (χ4v) is 3.35. The average molecular weight is 423 g/mol. The highest BCUT2D eigenvalue weighted by atomic mass is 79.9. The van der Waals surface area contributed by atoms with E-state index >= 15 is 0 Å². The van der Waals surface area contributed by atoms with Crippen molar-refractivity contribution in [2.24, 2.45) is 0 Å². The predicted octanol–water partition coefficient (Wildman–Crippen LogP) is 5.35. The molecule has 6 heteroatoms. The molecule has 0 N–H and O–H groups in total. The Labute approximate surface area is 159 Å². The summed E-state index contributed by atoms with van der Waals surface area (Å²) in [7, 11) is 1.56. The first-order valence-corrected chi connectivity index (χ1v) is 8.87. The number of carbonyl (C=O) groups excluding carboxylic acids is 1. The zero-order valence-electron chi connectivity index (χ0n) is 14.1. The lowest BCUT2D eigenvalue weighted by molar-refractivity contribution is -0.131. The molecule has 3 rings (SSSR count). The van der Waals surface area contributed by atoms with Crippen LogP contribution in [0.5, 0.6) is 11.5 Å². The molecular formula is C19H17BrClNO3. The van der Waals surface area contributed by atoms with E-state index in [1.54, 1.807) is 13.2 Å². The average Bonchev–Trinajstić information content (AvgIpc) is 2.80. The normalized spacial score (nSPS) is 10.9. The molecule has 1 aromatic heterocycles. The molecular weight excluding hydrogens is 406 g/mol. The molecule has 0 aliphatic rings. The molecule has 0 saturated carbocycles. The number of carbonyl (C=O) groups is 1. The van der Waals surface area contributed by atoms with Gasteiger partial charge in [0.1, 0.15) is 5.75 Å². The molecule has 130 valence electrons. The van der Waals surface area contributed by atoms with Crippen molar-refractivity contribution in [3.63, 3.8) is 0 Å². The van der Waals surface area contributed by atoms with E-state index in [-0.39, 0.29) is 5.97 Å². The van der Waals surface area contributed by atoms with Crippen LogP contribution in [0.25, 0.3) is 10.9 Å². The summed E-state index contributed by atoms with van der Waals surface area (Å²) in [6, 6.07) is 11.7. The van der Waals surface area contributed by atoms with E-state index in [9.17, 15) is 4.79 Å². The van der Waals surface area contributed by atoms with Crippen LogP contribution >= 0.6 is 27.5 Å². The summed E-state index contributed by atoms with van der Waals surface area (Å²) in [5.41, 5.74) is 2.88. The zero-order chi connectivity index (χ0) is 18.1. The molecule has 0 spiro atoms. The molecule has 4 nitrogen and oxygen atoms in total. The number of nitrogens with zero attached hydrogens (tertiary/aromatic N) is 1. The maximum atomic E-state index is 11.5. The molecule has 1 heterocycles. The number of aromatic nitrogens is 1. The van der Waals surface area contributed by atoms with Crippen molar-refractivity contribution in [1.29, 1.82) is 0 Å². The maximum absolute atomic E-state index is 11.5. The van der Waals surface area contributed by atoms with Crippen LogP contribution in [-0.2, 0) is 11.3 Å². The fraction of sp³-hybridized carbons (Fsp3) is 0.211. The molecule has 0 aliphatic carbocycles. The van der Waals surface area contributed by atoms with E-state index in [0.717, 1.165) is 26.6 Å².